The summed E-state index contributed by atoms with van der Waals surface area (Å²) in [5, 5.41) is 3.48. The third-order valence-corrected chi connectivity index (χ3v) is 9.02. The van der Waals surface area contributed by atoms with Crippen LogP contribution in [0.2, 0.25) is 0 Å². The largest absolute Gasteiger partial charge is 0.298 e. The van der Waals surface area contributed by atoms with Crippen LogP contribution in [0.4, 0.5) is 5.13 Å². The average molecular weight is 577 g/mol. The highest BCUT2D eigenvalue weighted by molar-refractivity contribution is 7.89. The molecule has 0 radical (unpaired) electrons. The molecule has 1 amide bonds. The Morgan fingerprint density at radius 2 is 1.66 bits per heavy atom. The van der Waals surface area contributed by atoms with E-state index in [1.165, 1.54) is 33.9 Å². The van der Waals surface area contributed by atoms with Crippen LogP contribution >= 0.6 is 23.7 Å². The molecular formula is C28H37ClN4O3S2. The van der Waals surface area contributed by atoms with Crippen LogP contribution in [0, 0.1) is 11.8 Å². The van der Waals surface area contributed by atoms with Crippen molar-refractivity contribution in [3.8, 4) is 0 Å². The van der Waals surface area contributed by atoms with Gasteiger partial charge < -0.3 is 0 Å². The summed E-state index contributed by atoms with van der Waals surface area (Å²) in [4.78, 5) is 21.3. The van der Waals surface area contributed by atoms with Crippen LogP contribution in [0.15, 0.2) is 59.5 Å². The molecule has 0 saturated carbocycles. The quantitative estimate of drug-likeness (QED) is 0.336. The number of rotatable bonds is 10. The zero-order valence-electron chi connectivity index (χ0n) is 22.4. The molecule has 4 rings (SSSR count). The number of nitrogens with one attached hydrogen (secondary N) is 1. The fraction of sp³-hybridized carbons (Fsp3) is 0.429. The van der Waals surface area contributed by atoms with Gasteiger partial charge in [-0.15, -0.1) is 23.7 Å². The van der Waals surface area contributed by atoms with E-state index in [1.807, 2.05) is 33.8 Å². The third kappa shape index (κ3) is 7.64. The Morgan fingerprint density at radius 1 is 1.03 bits per heavy atom. The minimum Gasteiger partial charge on any atom is -0.298 e. The number of carbonyl (C=O) groups is 1. The van der Waals surface area contributed by atoms with Gasteiger partial charge in [0, 0.05) is 49.6 Å². The zero-order valence-corrected chi connectivity index (χ0v) is 24.8. The van der Waals surface area contributed by atoms with Gasteiger partial charge >= 0.3 is 0 Å². The molecule has 0 aliphatic carbocycles. The van der Waals surface area contributed by atoms with Crippen LogP contribution in [0.5, 0.6) is 0 Å². The topological polar surface area (TPSA) is 82.6 Å². The molecule has 1 N–H and O–H groups in total. The van der Waals surface area contributed by atoms with Crippen LogP contribution < -0.4 is 5.32 Å². The van der Waals surface area contributed by atoms with Crippen LogP contribution in [0.1, 0.15) is 54.2 Å². The number of nitrogens with zero attached hydrogens (tertiary/aromatic N) is 3. The van der Waals surface area contributed by atoms with Gasteiger partial charge in [0.2, 0.25) is 10.0 Å². The Bertz CT molecular complexity index is 1300. The van der Waals surface area contributed by atoms with Crippen molar-refractivity contribution in [2.24, 2.45) is 11.8 Å². The number of halogens is 1. The van der Waals surface area contributed by atoms with Crippen molar-refractivity contribution in [2.45, 2.75) is 52.1 Å². The lowest BCUT2D eigenvalue weighted by Crippen LogP contribution is -2.37. The molecule has 0 saturated heterocycles. The number of hydrogen-bond donors (Lipinski definition) is 1. The molecule has 0 fully saturated rings. The highest BCUT2D eigenvalue weighted by Gasteiger charge is 2.26. The predicted molar refractivity (Wildman–Crippen MR) is 156 cm³/mol. The lowest BCUT2D eigenvalue weighted by Gasteiger charge is -2.25. The number of hydrogen-bond acceptors (Lipinski definition) is 6. The number of sulfonamides is 1. The number of amides is 1. The van der Waals surface area contributed by atoms with E-state index >= 15 is 0 Å². The van der Waals surface area contributed by atoms with Crippen molar-refractivity contribution >= 4 is 44.8 Å². The number of thiazole rings is 1. The van der Waals surface area contributed by atoms with Crippen molar-refractivity contribution in [3.05, 3.63) is 76.3 Å². The van der Waals surface area contributed by atoms with E-state index in [1.54, 1.807) is 16.4 Å². The molecule has 1 aliphatic rings. The summed E-state index contributed by atoms with van der Waals surface area (Å²) in [5.41, 5.74) is 2.73. The molecule has 3 aromatic rings. The molecule has 206 valence electrons. The Morgan fingerprint density at radius 3 is 2.26 bits per heavy atom. The maximum atomic E-state index is 13.2. The molecule has 2 aromatic carbocycles. The highest BCUT2D eigenvalue weighted by Crippen LogP contribution is 2.29. The normalized spacial score (nSPS) is 14.0. The summed E-state index contributed by atoms with van der Waals surface area (Å²) in [6, 6.07) is 16.6. The fourth-order valence-corrected chi connectivity index (χ4v) is 7.27. The first-order valence-electron chi connectivity index (χ1n) is 12.8. The molecule has 10 heteroatoms. The third-order valence-electron chi connectivity index (χ3n) is 6.17. The van der Waals surface area contributed by atoms with Crippen LogP contribution in [0.25, 0.3) is 0 Å². The molecular weight excluding hydrogens is 540 g/mol. The van der Waals surface area contributed by atoms with Crippen molar-refractivity contribution in [2.75, 3.05) is 25.0 Å². The monoisotopic (exact) mass is 576 g/mol. The van der Waals surface area contributed by atoms with Gasteiger partial charge in [-0.05, 0) is 41.7 Å². The van der Waals surface area contributed by atoms with Gasteiger partial charge in [-0.1, -0.05) is 58.0 Å². The van der Waals surface area contributed by atoms with Crippen molar-refractivity contribution in [1.29, 1.82) is 0 Å². The molecule has 0 bridgehead atoms. The van der Waals surface area contributed by atoms with Gasteiger partial charge in [0.05, 0.1) is 10.6 Å². The van der Waals surface area contributed by atoms with Crippen molar-refractivity contribution in [1.82, 2.24) is 14.2 Å². The first-order chi connectivity index (χ1) is 17.6. The van der Waals surface area contributed by atoms with Gasteiger partial charge in [0.25, 0.3) is 5.91 Å². The molecule has 0 spiro atoms. The number of carbonyl (C=O) groups excluding carboxylic acids is 1. The first kappa shape index (κ1) is 30.2. The van der Waals surface area contributed by atoms with Gasteiger partial charge in [-0.25, -0.2) is 13.4 Å². The lowest BCUT2D eigenvalue weighted by atomic mass is 10.1. The Balaban J connectivity index is 0.00000400. The van der Waals surface area contributed by atoms with E-state index in [-0.39, 0.29) is 35.0 Å². The summed E-state index contributed by atoms with van der Waals surface area (Å²) in [5.74, 6) is 0.138. The zero-order chi connectivity index (χ0) is 26.6. The number of benzene rings is 2. The van der Waals surface area contributed by atoms with Gasteiger partial charge in [-0.2, -0.15) is 4.31 Å². The summed E-state index contributed by atoms with van der Waals surface area (Å²) in [7, 11) is -3.64. The summed E-state index contributed by atoms with van der Waals surface area (Å²) in [6.45, 7) is 11.6. The Labute approximate surface area is 236 Å². The molecule has 1 aliphatic heterocycles. The van der Waals surface area contributed by atoms with Crippen LogP contribution in [-0.4, -0.2) is 48.1 Å². The summed E-state index contributed by atoms with van der Waals surface area (Å²) < 4.78 is 28.0. The maximum Gasteiger partial charge on any atom is 0.257 e. The maximum absolute atomic E-state index is 13.2. The highest BCUT2D eigenvalue weighted by atomic mass is 35.5. The minimum atomic E-state index is -3.64. The predicted octanol–water partition coefficient (Wildman–Crippen LogP) is 5.68. The lowest BCUT2D eigenvalue weighted by molar-refractivity contribution is 0.102. The Kier molecular flexibility index (Phi) is 10.5. The fourth-order valence-electron chi connectivity index (χ4n) is 4.46. The number of fused-ring (bicyclic) bond motifs is 1. The Hall–Kier alpha value is -2.30. The molecule has 7 nitrogen and oxygen atoms in total. The van der Waals surface area contributed by atoms with E-state index in [2.05, 4.69) is 39.5 Å². The van der Waals surface area contributed by atoms with E-state index in [9.17, 15) is 13.2 Å². The summed E-state index contributed by atoms with van der Waals surface area (Å²) in [6.07, 6.45) is 0.852. The average Bonchev–Trinajstić information content (AvgIpc) is 3.25. The van der Waals surface area contributed by atoms with E-state index < -0.39 is 10.0 Å². The van der Waals surface area contributed by atoms with Crippen LogP contribution in [0.3, 0.4) is 0 Å². The second-order valence-electron chi connectivity index (χ2n) is 10.4. The standard InChI is InChI=1S/C28H36N4O3S2.ClH/c1-20(2)16-32(17-21(3)4)37(34,35)24-12-10-23(11-13-24)27(33)30-28-29-25-14-15-31(19-26(25)36-28)18-22-8-6-5-7-9-22;/h5-13,20-21H,14-19H2,1-4H3,(H,29,30,33);1H. The van der Waals surface area contributed by atoms with E-state index in [4.69, 9.17) is 0 Å². The van der Waals surface area contributed by atoms with Crippen molar-refractivity contribution in [3.63, 3.8) is 0 Å². The number of aromatic nitrogens is 1. The minimum absolute atomic E-state index is 0. The van der Waals surface area contributed by atoms with E-state index in [0.29, 0.717) is 23.8 Å². The molecule has 2 heterocycles. The smallest absolute Gasteiger partial charge is 0.257 e. The molecule has 38 heavy (non-hydrogen) atoms. The molecule has 0 unspecified atom stereocenters. The first-order valence-corrected chi connectivity index (χ1v) is 15.0. The second kappa shape index (κ2) is 13.2. The SMILES string of the molecule is CC(C)CN(CC(C)C)S(=O)(=O)c1ccc(C(=O)Nc2nc3c(s2)CN(Cc2ccccc2)CC3)cc1.Cl. The summed E-state index contributed by atoms with van der Waals surface area (Å²) >= 11 is 1.51. The number of anilines is 1. The molecule has 1 aromatic heterocycles. The molecule has 0 atom stereocenters. The van der Waals surface area contributed by atoms with Crippen molar-refractivity contribution < 1.29 is 13.2 Å². The van der Waals surface area contributed by atoms with Gasteiger partial charge in [0.15, 0.2) is 5.13 Å². The van der Waals surface area contributed by atoms with E-state index in [0.717, 1.165) is 31.7 Å². The van der Waals surface area contributed by atoms with Gasteiger partial charge in [-0.3, -0.25) is 15.0 Å². The second-order valence-corrected chi connectivity index (χ2v) is 13.4. The van der Waals surface area contributed by atoms with Gasteiger partial charge in [0.1, 0.15) is 0 Å². The van der Waals surface area contributed by atoms with Crippen LogP contribution in [-0.2, 0) is 29.5 Å².